The summed E-state index contributed by atoms with van der Waals surface area (Å²) < 4.78 is 4.25. The van der Waals surface area contributed by atoms with Crippen molar-refractivity contribution in [3.8, 4) is 0 Å². The first kappa shape index (κ1) is 17.2. The Hall–Kier alpha value is -1.66. The maximum Gasteiger partial charge on any atom is 0.0662 e. The highest BCUT2D eigenvalue weighted by Crippen LogP contribution is 2.24. The highest BCUT2D eigenvalue weighted by Gasteiger charge is 2.25. The van der Waals surface area contributed by atoms with Gasteiger partial charge < -0.3 is 4.90 Å². The predicted octanol–water partition coefficient (Wildman–Crippen LogP) is 2.39. The monoisotopic (exact) mass is 330 g/mol. The molecule has 0 saturated heterocycles. The van der Waals surface area contributed by atoms with Crippen molar-refractivity contribution in [2.45, 2.75) is 52.9 Å². The van der Waals surface area contributed by atoms with Gasteiger partial charge in [0.2, 0.25) is 0 Å². The van der Waals surface area contributed by atoms with E-state index in [9.17, 15) is 0 Å². The Kier molecular flexibility index (Phi) is 5.68. The Labute approximate surface area is 145 Å². The van der Waals surface area contributed by atoms with Crippen molar-refractivity contribution < 1.29 is 0 Å². The minimum absolute atomic E-state index is 0.463. The van der Waals surface area contributed by atoms with Gasteiger partial charge in [-0.1, -0.05) is 13.8 Å². The van der Waals surface area contributed by atoms with Crippen molar-refractivity contribution in [1.29, 1.82) is 0 Å². The molecule has 6 nitrogen and oxygen atoms in total. The van der Waals surface area contributed by atoms with Crippen LogP contribution in [0.2, 0.25) is 0 Å². The molecule has 0 aromatic carbocycles. The van der Waals surface area contributed by atoms with Crippen LogP contribution in [0.15, 0.2) is 24.7 Å². The van der Waals surface area contributed by atoms with Gasteiger partial charge in [-0.2, -0.15) is 10.2 Å². The minimum Gasteiger partial charge on any atom is -0.304 e. The summed E-state index contributed by atoms with van der Waals surface area (Å²) in [4.78, 5) is 5.02. The molecular formula is C18H30N6. The Balaban J connectivity index is 1.66. The first-order valence-electron chi connectivity index (χ1n) is 9.21. The Morgan fingerprint density at radius 1 is 1.21 bits per heavy atom. The lowest BCUT2D eigenvalue weighted by Crippen LogP contribution is -2.39. The van der Waals surface area contributed by atoms with E-state index in [1.807, 2.05) is 17.1 Å². The quantitative estimate of drug-likeness (QED) is 0.745. The van der Waals surface area contributed by atoms with Crippen LogP contribution in [0.1, 0.15) is 44.5 Å². The van der Waals surface area contributed by atoms with Gasteiger partial charge in [0.25, 0.3) is 0 Å². The molecule has 0 spiro atoms. The molecule has 0 N–H and O–H groups in total. The second kappa shape index (κ2) is 7.94. The average molecular weight is 330 g/mol. The summed E-state index contributed by atoms with van der Waals surface area (Å²) in [6, 6.07) is 2.62. The number of rotatable bonds is 8. The van der Waals surface area contributed by atoms with E-state index in [0.717, 1.165) is 52.2 Å². The van der Waals surface area contributed by atoms with Gasteiger partial charge in [-0.3, -0.25) is 14.3 Å². The van der Waals surface area contributed by atoms with Gasteiger partial charge in [0.05, 0.1) is 17.9 Å². The molecule has 1 aliphatic heterocycles. The van der Waals surface area contributed by atoms with E-state index >= 15 is 0 Å². The van der Waals surface area contributed by atoms with Crippen LogP contribution >= 0.6 is 0 Å². The molecule has 0 aliphatic carbocycles. The molecule has 24 heavy (non-hydrogen) atoms. The van der Waals surface area contributed by atoms with Crippen LogP contribution < -0.4 is 0 Å². The first-order chi connectivity index (χ1) is 11.7. The van der Waals surface area contributed by atoms with Crippen molar-refractivity contribution in [1.82, 2.24) is 29.4 Å². The average Bonchev–Trinajstić information content (AvgIpc) is 3.24. The molecule has 0 fully saturated rings. The third-order valence-electron chi connectivity index (χ3n) is 5.04. The molecule has 0 bridgehead atoms. The molecule has 2 aromatic heterocycles. The molecule has 3 rings (SSSR count). The van der Waals surface area contributed by atoms with Crippen LogP contribution in [-0.4, -0.2) is 55.5 Å². The maximum atomic E-state index is 4.58. The predicted molar refractivity (Wildman–Crippen MR) is 95.7 cm³/mol. The molecule has 132 valence electrons. The van der Waals surface area contributed by atoms with E-state index in [2.05, 4.69) is 57.7 Å². The molecule has 2 aromatic rings. The third kappa shape index (κ3) is 3.87. The van der Waals surface area contributed by atoms with Gasteiger partial charge in [-0.05, 0) is 32.5 Å². The normalized spacial score (nSPS) is 18.2. The maximum absolute atomic E-state index is 4.58. The summed E-state index contributed by atoms with van der Waals surface area (Å²) in [7, 11) is 0. The first-order valence-corrected chi connectivity index (χ1v) is 9.21. The second-order valence-corrected chi connectivity index (χ2v) is 6.61. The van der Waals surface area contributed by atoms with Crippen molar-refractivity contribution >= 4 is 0 Å². The minimum atomic E-state index is 0.463. The van der Waals surface area contributed by atoms with Gasteiger partial charge in [0, 0.05) is 50.7 Å². The fourth-order valence-electron chi connectivity index (χ4n) is 3.59. The smallest absolute Gasteiger partial charge is 0.0662 e. The van der Waals surface area contributed by atoms with Crippen molar-refractivity contribution in [2.24, 2.45) is 0 Å². The zero-order valence-electron chi connectivity index (χ0n) is 15.2. The Bertz CT molecular complexity index is 627. The van der Waals surface area contributed by atoms with Gasteiger partial charge in [0.1, 0.15) is 0 Å². The van der Waals surface area contributed by atoms with E-state index in [1.54, 1.807) is 0 Å². The molecule has 6 heteroatoms. The number of nitrogens with zero attached hydrogens (tertiary/aromatic N) is 6. The Morgan fingerprint density at radius 2 is 2.04 bits per heavy atom. The number of aromatic nitrogens is 4. The summed E-state index contributed by atoms with van der Waals surface area (Å²) >= 11 is 0. The van der Waals surface area contributed by atoms with Gasteiger partial charge in [-0.25, -0.2) is 0 Å². The molecule has 3 heterocycles. The largest absolute Gasteiger partial charge is 0.304 e. The molecule has 1 atom stereocenters. The lowest BCUT2D eigenvalue weighted by molar-refractivity contribution is 0.150. The number of hydrogen-bond donors (Lipinski definition) is 0. The summed E-state index contributed by atoms with van der Waals surface area (Å²) in [5.41, 5.74) is 2.63. The van der Waals surface area contributed by atoms with E-state index in [-0.39, 0.29) is 0 Å². The molecule has 0 amide bonds. The van der Waals surface area contributed by atoms with Crippen LogP contribution in [0.3, 0.4) is 0 Å². The zero-order valence-corrected chi connectivity index (χ0v) is 15.2. The number of fused-ring (bicyclic) bond motifs is 1. The summed E-state index contributed by atoms with van der Waals surface area (Å²) in [6.07, 6.45) is 7.26. The molecule has 0 radical (unpaired) electrons. The van der Waals surface area contributed by atoms with Gasteiger partial charge in [-0.15, -0.1) is 0 Å². The third-order valence-corrected chi connectivity index (χ3v) is 5.04. The summed E-state index contributed by atoms with van der Waals surface area (Å²) in [6.45, 7) is 13.9. The van der Waals surface area contributed by atoms with E-state index in [1.165, 1.54) is 11.3 Å². The lowest BCUT2D eigenvalue weighted by atomic mass is 10.1. The lowest BCUT2D eigenvalue weighted by Gasteiger charge is -2.34. The van der Waals surface area contributed by atoms with Crippen LogP contribution in [0.4, 0.5) is 0 Å². The standard InChI is InChI=1S/C18H30N6/c1-4-21(5-2)10-8-18-15-22(14-17-7-9-19-24(17)18)12-16-11-20-23(6-3)13-16/h7,9,11,13,18H,4-6,8,10,12,14-15H2,1-3H3/t18-/m0/s1. The fraction of sp³-hybridized carbons (Fsp3) is 0.667. The SMILES string of the molecule is CCN(CC)CC[C@H]1CN(Cc2cnn(CC)c2)Cc2ccnn21. The van der Waals surface area contributed by atoms with Crippen molar-refractivity contribution in [3.05, 3.63) is 35.9 Å². The fourth-order valence-corrected chi connectivity index (χ4v) is 3.59. The molecule has 0 saturated carbocycles. The second-order valence-electron chi connectivity index (χ2n) is 6.61. The highest BCUT2D eigenvalue weighted by atomic mass is 15.4. The van der Waals surface area contributed by atoms with E-state index < -0.39 is 0 Å². The van der Waals surface area contributed by atoms with E-state index in [0.29, 0.717) is 6.04 Å². The van der Waals surface area contributed by atoms with Crippen LogP contribution in [0, 0.1) is 0 Å². The number of aryl methyl sites for hydroxylation is 1. The Morgan fingerprint density at radius 3 is 2.75 bits per heavy atom. The van der Waals surface area contributed by atoms with Crippen molar-refractivity contribution in [2.75, 3.05) is 26.2 Å². The van der Waals surface area contributed by atoms with Gasteiger partial charge in [0.15, 0.2) is 0 Å². The molecule has 1 aliphatic rings. The number of hydrogen-bond acceptors (Lipinski definition) is 4. The summed E-state index contributed by atoms with van der Waals surface area (Å²) in [5.74, 6) is 0. The zero-order chi connectivity index (χ0) is 16.9. The van der Waals surface area contributed by atoms with Crippen LogP contribution in [0.25, 0.3) is 0 Å². The van der Waals surface area contributed by atoms with E-state index in [4.69, 9.17) is 0 Å². The van der Waals surface area contributed by atoms with Crippen LogP contribution in [0.5, 0.6) is 0 Å². The molecule has 0 unspecified atom stereocenters. The molecular weight excluding hydrogens is 300 g/mol. The highest BCUT2D eigenvalue weighted by molar-refractivity contribution is 5.08. The topological polar surface area (TPSA) is 42.1 Å². The van der Waals surface area contributed by atoms with Crippen LogP contribution in [-0.2, 0) is 19.6 Å². The van der Waals surface area contributed by atoms with Gasteiger partial charge >= 0.3 is 0 Å². The van der Waals surface area contributed by atoms with Crippen molar-refractivity contribution in [3.63, 3.8) is 0 Å². The summed E-state index contributed by atoms with van der Waals surface area (Å²) in [5, 5.41) is 8.98.